The van der Waals surface area contributed by atoms with Crippen LogP contribution in [0.3, 0.4) is 0 Å². The minimum Gasteiger partial charge on any atom is -0.490 e. The fourth-order valence-corrected chi connectivity index (χ4v) is 3.27. The van der Waals surface area contributed by atoms with Gasteiger partial charge in [0, 0.05) is 11.4 Å². The van der Waals surface area contributed by atoms with E-state index < -0.39 is 0 Å². The van der Waals surface area contributed by atoms with Crippen LogP contribution in [0.2, 0.25) is 0 Å². The average Bonchev–Trinajstić information content (AvgIpc) is 2.91. The first-order chi connectivity index (χ1) is 17.2. The number of hydrogen-bond acceptors (Lipinski definition) is 5. The molecule has 0 aliphatic heterocycles. The highest BCUT2D eigenvalue weighted by molar-refractivity contribution is 5.93. The van der Waals surface area contributed by atoms with E-state index >= 15 is 0 Å². The summed E-state index contributed by atoms with van der Waals surface area (Å²) < 4.78 is 17.1. The zero-order valence-electron chi connectivity index (χ0n) is 19.4. The molecule has 6 heteroatoms. The Morgan fingerprint density at radius 2 is 1.09 bits per heavy atom. The van der Waals surface area contributed by atoms with Crippen molar-refractivity contribution in [3.8, 4) is 17.2 Å². The molecule has 0 atom stereocenters. The maximum absolute atomic E-state index is 12.3. The quantitative estimate of drug-likeness (QED) is 0.258. The van der Waals surface area contributed by atoms with Crippen molar-refractivity contribution in [3.63, 3.8) is 0 Å². The van der Waals surface area contributed by atoms with Crippen molar-refractivity contribution in [1.29, 1.82) is 0 Å². The number of carbonyl (C=O) groups is 1. The van der Waals surface area contributed by atoms with Crippen molar-refractivity contribution in [1.82, 2.24) is 0 Å². The number of rotatable bonds is 12. The maximum atomic E-state index is 12.3. The highest BCUT2D eigenvalue weighted by atomic mass is 16.5. The van der Waals surface area contributed by atoms with Gasteiger partial charge in [0.05, 0.1) is 6.54 Å². The van der Waals surface area contributed by atoms with E-state index in [1.54, 1.807) is 0 Å². The van der Waals surface area contributed by atoms with E-state index in [4.69, 9.17) is 14.2 Å². The molecule has 0 saturated carbocycles. The molecule has 4 aromatic carbocycles. The van der Waals surface area contributed by atoms with Gasteiger partial charge in [-0.25, -0.2) is 0 Å². The van der Waals surface area contributed by atoms with Crippen LogP contribution in [0.4, 0.5) is 11.4 Å². The third-order valence-electron chi connectivity index (χ3n) is 5.06. The van der Waals surface area contributed by atoms with Gasteiger partial charge in [-0.1, -0.05) is 48.5 Å². The zero-order chi connectivity index (χ0) is 24.1. The summed E-state index contributed by atoms with van der Waals surface area (Å²) in [5.74, 6) is 2.17. The van der Waals surface area contributed by atoms with E-state index in [9.17, 15) is 4.79 Å². The van der Waals surface area contributed by atoms with Crippen LogP contribution in [-0.4, -0.2) is 25.7 Å². The van der Waals surface area contributed by atoms with Gasteiger partial charge < -0.3 is 24.8 Å². The Morgan fingerprint density at radius 3 is 1.71 bits per heavy atom. The molecule has 0 fully saturated rings. The third-order valence-corrected chi connectivity index (χ3v) is 5.06. The van der Waals surface area contributed by atoms with Crippen LogP contribution < -0.4 is 24.8 Å². The lowest BCUT2D eigenvalue weighted by molar-refractivity contribution is -0.114. The molecule has 35 heavy (non-hydrogen) atoms. The van der Waals surface area contributed by atoms with Crippen LogP contribution in [0.1, 0.15) is 5.56 Å². The summed E-state index contributed by atoms with van der Waals surface area (Å²) in [7, 11) is 0. The molecule has 0 bridgehead atoms. The first-order valence-corrected chi connectivity index (χ1v) is 11.5. The Hall–Kier alpha value is -4.45. The summed E-state index contributed by atoms with van der Waals surface area (Å²) in [6.07, 6.45) is 0. The van der Waals surface area contributed by atoms with Crippen molar-refractivity contribution in [2.45, 2.75) is 6.61 Å². The molecule has 4 aromatic rings. The summed E-state index contributed by atoms with van der Waals surface area (Å²) >= 11 is 0. The number of ether oxygens (including phenoxy) is 3. The molecule has 4 rings (SSSR count). The number of anilines is 2. The van der Waals surface area contributed by atoms with Gasteiger partial charge in [0.1, 0.15) is 37.1 Å². The molecule has 0 aliphatic rings. The normalized spacial score (nSPS) is 10.3. The minimum atomic E-state index is -0.138. The Morgan fingerprint density at radius 1 is 0.571 bits per heavy atom. The van der Waals surface area contributed by atoms with Gasteiger partial charge in [-0.05, 0) is 66.2 Å². The predicted molar refractivity (Wildman–Crippen MR) is 138 cm³/mol. The second kappa shape index (κ2) is 12.7. The fourth-order valence-electron chi connectivity index (χ4n) is 3.27. The van der Waals surface area contributed by atoms with E-state index in [-0.39, 0.29) is 12.5 Å². The van der Waals surface area contributed by atoms with Crippen molar-refractivity contribution in [2.75, 3.05) is 30.4 Å². The van der Waals surface area contributed by atoms with E-state index in [2.05, 4.69) is 10.6 Å². The zero-order valence-corrected chi connectivity index (χ0v) is 19.4. The van der Waals surface area contributed by atoms with Crippen LogP contribution in [0.15, 0.2) is 109 Å². The standard InChI is InChI=1S/C29H28N2O4/c32-29(31-25-13-17-28(18-14-25)35-22-23-7-3-1-4-8-23)21-30-24-11-15-27(16-12-24)34-20-19-33-26-9-5-2-6-10-26/h1-18,30H,19-22H2,(H,31,32). The molecule has 0 aromatic heterocycles. The third kappa shape index (κ3) is 8.12. The van der Waals surface area contributed by atoms with Crippen molar-refractivity contribution < 1.29 is 19.0 Å². The monoisotopic (exact) mass is 468 g/mol. The Balaban J connectivity index is 1.14. The largest absolute Gasteiger partial charge is 0.490 e. The van der Waals surface area contributed by atoms with Crippen LogP contribution in [0.25, 0.3) is 0 Å². The summed E-state index contributed by atoms with van der Waals surface area (Å²) in [6, 6.07) is 34.4. The molecule has 0 saturated heterocycles. The van der Waals surface area contributed by atoms with Gasteiger partial charge in [0.25, 0.3) is 0 Å². The lowest BCUT2D eigenvalue weighted by Gasteiger charge is -2.11. The summed E-state index contributed by atoms with van der Waals surface area (Å²) in [4.78, 5) is 12.3. The number of para-hydroxylation sites is 1. The smallest absolute Gasteiger partial charge is 0.243 e. The summed E-state index contributed by atoms with van der Waals surface area (Å²) in [5, 5.41) is 5.99. The average molecular weight is 469 g/mol. The summed E-state index contributed by atoms with van der Waals surface area (Å²) in [6.45, 7) is 1.56. The molecule has 0 spiro atoms. The molecule has 0 radical (unpaired) electrons. The Bertz CT molecular complexity index is 1160. The topological polar surface area (TPSA) is 68.8 Å². The maximum Gasteiger partial charge on any atom is 0.243 e. The van der Waals surface area contributed by atoms with Crippen molar-refractivity contribution >= 4 is 17.3 Å². The van der Waals surface area contributed by atoms with Crippen LogP contribution in [0.5, 0.6) is 17.2 Å². The molecule has 0 unspecified atom stereocenters. The highest BCUT2D eigenvalue weighted by Crippen LogP contribution is 2.18. The van der Waals surface area contributed by atoms with E-state index in [0.29, 0.717) is 25.5 Å². The highest BCUT2D eigenvalue weighted by Gasteiger charge is 2.04. The van der Waals surface area contributed by atoms with Gasteiger partial charge in [-0.2, -0.15) is 0 Å². The molecular formula is C29H28N2O4. The number of benzene rings is 4. The minimum absolute atomic E-state index is 0.138. The number of nitrogens with one attached hydrogen (secondary N) is 2. The first-order valence-electron chi connectivity index (χ1n) is 11.5. The van der Waals surface area contributed by atoms with Gasteiger partial charge >= 0.3 is 0 Å². The Labute approximate surface area is 205 Å². The fraction of sp³-hybridized carbons (Fsp3) is 0.138. The number of hydrogen-bond donors (Lipinski definition) is 2. The first kappa shape index (κ1) is 23.7. The lowest BCUT2D eigenvalue weighted by Crippen LogP contribution is -2.21. The number of amides is 1. The van der Waals surface area contributed by atoms with E-state index in [1.165, 1.54) is 0 Å². The van der Waals surface area contributed by atoms with E-state index in [0.717, 1.165) is 28.5 Å². The SMILES string of the molecule is O=C(CNc1ccc(OCCOc2ccccc2)cc1)Nc1ccc(OCc2ccccc2)cc1. The second-order valence-electron chi connectivity index (χ2n) is 7.73. The molecule has 0 aliphatic carbocycles. The molecule has 2 N–H and O–H groups in total. The van der Waals surface area contributed by atoms with Crippen LogP contribution >= 0.6 is 0 Å². The van der Waals surface area contributed by atoms with Crippen molar-refractivity contribution in [2.24, 2.45) is 0 Å². The number of carbonyl (C=O) groups excluding carboxylic acids is 1. The van der Waals surface area contributed by atoms with E-state index in [1.807, 2.05) is 109 Å². The van der Waals surface area contributed by atoms with Crippen LogP contribution in [0, 0.1) is 0 Å². The van der Waals surface area contributed by atoms with Gasteiger partial charge in [0.2, 0.25) is 5.91 Å². The van der Waals surface area contributed by atoms with Gasteiger partial charge in [-0.3, -0.25) is 4.79 Å². The lowest BCUT2D eigenvalue weighted by atomic mass is 10.2. The molecule has 1 amide bonds. The predicted octanol–water partition coefficient (Wildman–Crippen LogP) is 5.77. The molecule has 178 valence electrons. The van der Waals surface area contributed by atoms with Crippen LogP contribution in [-0.2, 0) is 11.4 Å². The van der Waals surface area contributed by atoms with Gasteiger partial charge in [-0.15, -0.1) is 0 Å². The molecular weight excluding hydrogens is 440 g/mol. The Kier molecular flexibility index (Phi) is 8.60. The van der Waals surface area contributed by atoms with Crippen molar-refractivity contribution in [3.05, 3.63) is 115 Å². The molecule has 6 nitrogen and oxygen atoms in total. The molecule has 0 heterocycles. The second-order valence-corrected chi connectivity index (χ2v) is 7.73. The van der Waals surface area contributed by atoms with Gasteiger partial charge in [0.15, 0.2) is 0 Å². The summed E-state index contributed by atoms with van der Waals surface area (Å²) in [5.41, 5.74) is 2.65.